The number of carbonyl (C=O) groups is 2. The molecule has 1 amide bonds. The van der Waals surface area contributed by atoms with Crippen LogP contribution in [-0.2, 0) is 41.1 Å². The third-order valence-corrected chi connectivity index (χ3v) is 13.1. The summed E-state index contributed by atoms with van der Waals surface area (Å²) in [6.07, 6.45) is -11.3. The van der Waals surface area contributed by atoms with Gasteiger partial charge in [-0.05, 0) is 86.4 Å². The van der Waals surface area contributed by atoms with Crippen LogP contribution >= 0.6 is 0 Å². The van der Waals surface area contributed by atoms with Gasteiger partial charge in [0.1, 0.15) is 28.0 Å². The zero-order chi connectivity index (χ0) is 39.0. The number of hydrogen-bond donors (Lipinski definition) is 0. The summed E-state index contributed by atoms with van der Waals surface area (Å²) in [4.78, 5) is 26.2. The average Bonchev–Trinajstić information content (AvgIpc) is 3.09. The zero-order valence-electron chi connectivity index (χ0n) is 28.4. The predicted octanol–water partition coefficient (Wildman–Crippen LogP) is 8.72. The lowest BCUT2D eigenvalue weighted by Gasteiger charge is -2.41. The molecule has 2 aliphatic rings. The molecule has 0 atom stereocenters. The van der Waals surface area contributed by atoms with E-state index < -0.39 is 67.7 Å². The topological polar surface area (TPSA) is 80.8 Å². The summed E-state index contributed by atoms with van der Waals surface area (Å²) >= 11 is 0. The van der Waals surface area contributed by atoms with Gasteiger partial charge in [-0.25, -0.2) is 21.6 Å². The summed E-state index contributed by atoms with van der Waals surface area (Å²) in [6, 6.07) is 8.50. The molecule has 0 bridgehead atoms. The van der Waals surface area contributed by atoms with Gasteiger partial charge in [-0.1, -0.05) is 30.3 Å². The molecule has 1 saturated carbocycles. The molecule has 16 heteroatoms. The Morgan fingerprint density at radius 3 is 1.81 bits per heavy atom. The summed E-state index contributed by atoms with van der Waals surface area (Å²) in [7, 11) is -4.49. The number of likely N-dealkylation sites (tertiary alicyclic amines) is 1. The van der Waals surface area contributed by atoms with Crippen LogP contribution in [0.1, 0.15) is 68.6 Å². The van der Waals surface area contributed by atoms with E-state index in [1.807, 2.05) is 0 Å². The van der Waals surface area contributed by atoms with Crippen molar-refractivity contribution in [2.45, 2.75) is 86.1 Å². The van der Waals surface area contributed by atoms with Crippen LogP contribution in [0.15, 0.2) is 71.6 Å². The van der Waals surface area contributed by atoms with E-state index >= 15 is 0 Å². The molecule has 0 spiro atoms. The van der Waals surface area contributed by atoms with E-state index in [2.05, 4.69) is 4.74 Å². The monoisotopic (exact) mass is 777 g/mol. The molecule has 1 heterocycles. The summed E-state index contributed by atoms with van der Waals surface area (Å²) in [5.41, 5.74) is -7.90. The lowest BCUT2D eigenvalue weighted by atomic mass is 9.74. The fourth-order valence-corrected chi connectivity index (χ4v) is 9.63. The number of piperidine rings is 1. The molecule has 0 N–H and O–H groups in total. The van der Waals surface area contributed by atoms with Crippen LogP contribution in [0, 0.1) is 29.3 Å². The Bertz CT molecular complexity index is 1860. The van der Waals surface area contributed by atoms with Gasteiger partial charge in [0.05, 0.1) is 11.5 Å². The first kappa shape index (κ1) is 40.3. The Balaban J connectivity index is 1.48. The minimum atomic E-state index is -6.21. The van der Waals surface area contributed by atoms with E-state index in [0.717, 1.165) is 42.5 Å². The summed E-state index contributed by atoms with van der Waals surface area (Å²) in [5.74, 6) is -4.30. The van der Waals surface area contributed by atoms with E-state index in [1.165, 1.54) is 6.92 Å². The highest BCUT2D eigenvalue weighted by Gasteiger charge is 2.73. The maximum absolute atomic E-state index is 14.6. The minimum absolute atomic E-state index is 0.0395. The van der Waals surface area contributed by atoms with Gasteiger partial charge in [-0.15, -0.1) is 0 Å². The van der Waals surface area contributed by atoms with Gasteiger partial charge >= 0.3 is 12.4 Å². The first-order valence-corrected chi connectivity index (χ1v) is 18.3. The maximum Gasteiger partial charge on any atom is 0.430 e. The smallest absolute Gasteiger partial charge is 0.349 e. The van der Waals surface area contributed by atoms with Crippen molar-refractivity contribution in [2.75, 3.05) is 13.1 Å². The maximum atomic E-state index is 14.6. The van der Waals surface area contributed by atoms with Crippen molar-refractivity contribution in [1.82, 2.24) is 4.90 Å². The molecule has 288 valence electrons. The number of amides is 1. The number of halogens is 9. The number of sulfone groups is 1. The number of ether oxygens (including phenoxy) is 1. The summed E-state index contributed by atoms with van der Waals surface area (Å²) in [5, 5.41) is 0. The van der Waals surface area contributed by atoms with Gasteiger partial charge in [0.15, 0.2) is 9.84 Å². The first-order chi connectivity index (χ1) is 24.7. The van der Waals surface area contributed by atoms with Gasteiger partial charge in [0.25, 0.3) is 5.60 Å². The van der Waals surface area contributed by atoms with Crippen LogP contribution < -0.4 is 0 Å². The highest BCUT2D eigenvalue weighted by molar-refractivity contribution is 7.92. The number of carbonyl (C=O) groups excluding carboxylic acids is 2. The Morgan fingerprint density at radius 1 is 0.792 bits per heavy atom. The van der Waals surface area contributed by atoms with Gasteiger partial charge < -0.3 is 9.64 Å². The first-order valence-electron chi connectivity index (χ1n) is 16.8. The molecule has 0 unspecified atom stereocenters. The zero-order valence-corrected chi connectivity index (χ0v) is 29.2. The Kier molecular flexibility index (Phi) is 11.5. The molecule has 1 aliphatic heterocycles. The van der Waals surface area contributed by atoms with E-state index in [1.54, 1.807) is 4.90 Å². The molecule has 6 nitrogen and oxygen atoms in total. The van der Waals surface area contributed by atoms with Crippen molar-refractivity contribution in [3.05, 3.63) is 101 Å². The second kappa shape index (κ2) is 15.1. The molecular weight excluding hydrogens is 741 g/mol. The van der Waals surface area contributed by atoms with Crippen molar-refractivity contribution in [1.29, 1.82) is 0 Å². The van der Waals surface area contributed by atoms with E-state index in [-0.39, 0.29) is 66.1 Å². The SMILES string of the molecule is CC(=O)N1CCC(C(=O)CC2CCC(c3ccc(C(OCc4c(F)cccc4F)(C(F)(F)F)C(F)(F)F)cc3)(S(=O)(=O)c3ccc(F)cc3)CC2)CC1. The van der Waals surface area contributed by atoms with Gasteiger partial charge in [0.2, 0.25) is 5.91 Å². The molecule has 0 aromatic heterocycles. The normalized spacial score (nSPS) is 20.7. The van der Waals surface area contributed by atoms with Crippen LogP contribution in [0.4, 0.5) is 39.5 Å². The quantitative estimate of drug-likeness (QED) is 0.152. The second-order valence-corrected chi connectivity index (χ2v) is 15.8. The molecule has 0 radical (unpaired) electrons. The molecule has 1 saturated heterocycles. The summed E-state index contributed by atoms with van der Waals surface area (Å²) < 4.78 is 161. The number of hydrogen-bond acceptors (Lipinski definition) is 5. The fourth-order valence-electron chi connectivity index (χ4n) is 7.46. The van der Waals surface area contributed by atoms with E-state index in [4.69, 9.17) is 0 Å². The number of ketones is 1. The second-order valence-electron chi connectivity index (χ2n) is 13.6. The van der Waals surface area contributed by atoms with Crippen LogP contribution in [0.5, 0.6) is 0 Å². The van der Waals surface area contributed by atoms with Crippen LogP contribution in [0.2, 0.25) is 0 Å². The lowest BCUT2D eigenvalue weighted by molar-refractivity contribution is -0.392. The molecule has 5 rings (SSSR count). The van der Waals surface area contributed by atoms with Crippen molar-refractivity contribution in [3.63, 3.8) is 0 Å². The molecular formula is C37H36F9NO5S. The number of benzene rings is 3. The molecule has 1 aliphatic carbocycles. The average molecular weight is 778 g/mol. The standard InChI is InChI=1S/C37H36F9NO5S/c1-23(48)47-19-15-25(16-20-47)33(49)21-24-13-17-34(18-14-24,53(50,51)29-11-9-28(38)10-12-29)26-5-7-27(8-6-26)35(36(41,42)43,37(44,45)46)52-22-30-31(39)3-2-4-32(30)40/h2-12,24-25H,13-22H2,1H3. The largest absolute Gasteiger partial charge is 0.430 e. The highest BCUT2D eigenvalue weighted by Crippen LogP contribution is 2.55. The number of rotatable bonds is 10. The van der Waals surface area contributed by atoms with Crippen molar-refractivity contribution in [3.8, 4) is 0 Å². The minimum Gasteiger partial charge on any atom is -0.349 e. The van der Waals surface area contributed by atoms with E-state index in [9.17, 15) is 57.5 Å². The number of Topliss-reactive ketones (excluding diaryl/α,β-unsaturated/α-hetero) is 1. The Hall–Kier alpha value is -3.92. The van der Waals surface area contributed by atoms with E-state index in [0.29, 0.717) is 50.2 Å². The number of alkyl halides is 6. The van der Waals surface area contributed by atoms with Crippen LogP contribution in [0.3, 0.4) is 0 Å². The molecule has 3 aromatic carbocycles. The Morgan fingerprint density at radius 2 is 1.32 bits per heavy atom. The lowest BCUT2D eigenvalue weighted by Crippen LogP contribution is -2.56. The number of nitrogens with zero attached hydrogens (tertiary/aromatic N) is 1. The molecule has 2 fully saturated rings. The van der Waals surface area contributed by atoms with Crippen molar-refractivity contribution in [2.24, 2.45) is 11.8 Å². The molecule has 53 heavy (non-hydrogen) atoms. The van der Waals surface area contributed by atoms with Crippen molar-refractivity contribution < 1.29 is 62.3 Å². The fraction of sp³-hybridized carbons (Fsp3) is 0.459. The van der Waals surface area contributed by atoms with Gasteiger partial charge in [-0.3, -0.25) is 9.59 Å². The highest BCUT2D eigenvalue weighted by atomic mass is 32.2. The summed E-state index contributed by atoms with van der Waals surface area (Å²) in [6.45, 7) is 0.552. The third-order valence-electron chi connectivity index (χ3n) is 10.5. The molecule has 3 aromatic rings. The van der Waals surface area contributed by atoms with Crippen LogP contribution in [0.25, 0.3) is 0 Å². The van der Waals surface area contributed by atoms with Crippen molar-refractivity contribution >= 4 is 21.5 Å². The predicted molar refractivity (Wildman–Crippen MR) is 173 cm³/mol. The van der Waals surface area contributed by atoms with Gasteiger partial charge in [-0.2, -0.15) is 26.3 Å². The van der Waals surface area contributed by atoms with Gasteiger partial charge in [0, 0.05) is 43.5 Å². The Labute approximate surface area is 300 Å². The van der Waals surface area contributed by atoms with Crippen LogP contribution in [-0.4, -0.2) is 50.5 Å². The third kappa shape index (κ3) is 7.71.